The maximum atomic E-state index is 4.72. The van der Waals surface area contributed by atoms with E-state index in [1.54, 1.807) is 11.3 Å². The van der Waals surface area contributed by atoms with Gasteiger partial charge in [0.25, 0.3) is 0 Å². The van der Waals surface area contributed by atoms with Crippen molar-refractivity contribution in [2.24, 2.45) is 0 Å². The third kappa shape index (κ3) is 1.29. The molecule has 1 aliphatic heterocycles. The van der Waals surface area contributed by atoms with E-state index in [4.69, 9.17) is 4.98 Å². The predicted octanol–water partition coefficient (Wildman–Crippen LogP) is 3.37. The highest BCUT2D eigenvalue weighted by molar-refractivity contribution is 7.98. The summed E-state index contributed by atoms with van der Waals surface area (Å²) in [6.45, 7) is 2.02. The highest BCUT2D eigenvalue weighted by Crippen LogP contribution is 2.41. The van der Waals surface area contributed by atoms with E-state index in [2.05, 4.69) is 29.4 Å². The molecule has 84 valence electrons. The minimum absolute atomic E-state index is 0.955. The van der Waals surface area contributed by atoms with Crippen LogP contribution in [0.2, 0.25) is 0 Å². The number of rotatable bonds is 0. The first-order chi connectivity index (χ1) is 8.33. The second kappa shape index (κ2) is 3.34. The van der Waals surface area contributed by atoms with E-state index in [0.29, 0.717) is 0 Å². The lowest BCUT2D eigenvalue weighted by Gasteiger charge is -2.13. The van der Waals surface area contributed by atoms with Crippen molar-refractivity contribution in [1.29, 1.82) is 0 Å². The topological polar surface area (TPSA) is 30.2 Å². The summed E-state index contributed by atoms with van der Waals surface area (Å²) in [7, 11) is 0. The van der Waals surface area contributed by atoms with E-state index in [1.807, 2.05) is 23.2 Å². The molecule has 1 aromatic carbocycles. The molecule has 5 heteroatoms. The summed E-state index contributed by atoms with van der Waals surface area (Å²) in [4.78, 5) is 7.05. The van der Waals surface area contributed by atoms with Crippen LogP contribution in [0.1, 0.15) is 10.7 Å². The highest BCUT2D eigenvalue weighted by Gasteiger charge is 2.23. The number of nitrogens with zero attached hydrogens (tertiary/aromatic N) is 3. The van der Waals surface area contributed by atoms with Crippen molar-refractivity contribution in [3.63, 3.8) is 0 Å². The van der Waals surface area contributed by atoms with Crippen molar-refractivity contribution in [3.8, 4) is 11.3 Å². The molecule has 3 aromatic rings. The SMILES string of the molecule is Cc1nn2c3c(nc2s1)-c1ccccc1SC3. The summed E-state index contributed by atoms with van der Waals surface area (Å²) in [6.07, 6.45) is 0. The lowest BCUT2D eigenvalue weighted by molar-refractivity contribution is 0.901. The van der Waals surface area contributed by atoms with Crippen molar-refractivity contribution in [3.05, 3.63) is 35.0 Å². The standard InChI is InChI=1S/C12H9N3S2/c1-7-14-15-9-6-16-10-5-3-2-4-8(10)11(9)13-12(15)17-7/h2-5H,6H2,1H3. The summed E-state index contributed by atoms with van der Waals surface area (Å²) in [5, 5.41) is 5.59. The molecule has 0 radical (unpaired) electrons. The van der Waals surface area contributed by atoms with Crippen molar-refractivity contribution in [2.75, 3.05) is 0 Å². The summed E-state index contributed by atoms with van der Waals surface area (Å²) in [5.41, 5.74) is 3.58. The van der Waals surface area contributed by atoms with Crippen LogP contribution < -0.4 is 0 Å². The van der Waals surface area contributed by atoms with Crippen LogP contribution in [0.25, 0.3) is 16.2 Å². The molecule has 4 rings (SSSR count). The van der Waals surface area contributed by atoms with Crippen molar-refractivity contribution >= 4 is 28.1 Å². The Labute approximate surface area is 107 Å². The van der Waals surface area contributed by atoms with Gasteiger partial charge in [0.2, 0.25) is 4.96 Å². The van der Waals surface area contributed by atoms with E-state index in [9.17, 15) is 0 Å². The van der Waals surface area contributed by atoms with Gasteiger partial charge in [-0.25, -0.2) is 9.50 Å². The van der Waals surface area contributed by atoms with E-state index >= 15 is 0 Å². The zero-order valence-corrected chi connectivity index (χ0v) is 10.8. The van der Waals surface area contributed by atoms with Gasteiger partial charge in [-0.3, -0.25) is 0 Å². The van der Waals surface area contributed by atoms with Gasteiger partial charge in [-0.2, -0.15) is 5.10 Å². The number of hydrogen-bond donors (Lipinski definition) is 0. The molecule has 0 aliphatic carbocycles. The fourth-order valence-electron chi connectivity index (χ4n) is 2.17. The first-order valence-corrected chi connectivity index (χ1v) is 7.20. The molecule has 1 aliphatic rings. The minimum atomic E-state index is 0.955. The van der Waals surface area contributed by atoms with Crippen LogP contribution >= 0.6 is 23.1 Å². The molecule has 0 amide bonds. The zero-order chi connectivity index (χ0) is 11.4. The molecule has 0 unspecified atom stereocenters. The number of aromatic nitrogens is 3. The molecule has 0 saturated carbocycles. The molecule has 3 nitrogen and oxygen atoms in total. The maximum absolute atomic E-state index is 4.72. The lowest BCUT2D eigenvalue weighted by atomic mass is 10.1. The van der Waals surface area contributed by atoms with Gasteiger partial charge in [-0.15, -0.1) is 11.8 Å². The molecule has 0 spiro atoms. The number of fused-ring (bicyclic) bond motifs is 5. The summed E-state index contributed by atoms with van der Waals surface area (Å²) in [5.74, 6) is 0.955. The number of aryl methyl sites for hydroxylation is 1. The minimum Gasteiger partial charge on any atom is -0.217 e. The largest absolute Gasteiger partial charge is 0.217 e. The molecule has 0 N–H and O–H groups in total. The van der Waals surface area contributed by atoms with Gasteiger partial charge in [0, 0.05) is 16.2 Å². The molecular weight excluding hydrogens is 250 g/mol. The zero-order valence-electron chi connectivity index (χ0n) is 9.17. The number of thioether (sulfide) groups is 1. The maximum Gasteiger partial charge on any atom is 0.212 e. The fraction of sp³-hybridized carbons (Fsp3) is 0.167. The van der Waals surface area contributed by atoms with E-state index in [0.717, 1.165) is 21.4 Å². The van der Waals surface area contributed by atoms with Crippen LogP contribution in [0.4, 0.5) is 0 Å². The number of hydrogen-bond acceptors (Lipinski definition) is 4. The van der Waals surface area contributed by atoms with Crippen LogP contribution in [0.5, 0.6) is 0 Å². The average Bonchev–Trinajstić information content (AvgIpc) is 2.85. The van der Waals surface area contributed by atoms with Crippen molar-refractivity contribution in [1.82, 2.24) is 14.6 Å². The van der Waals surface area contributed by atoms with Crippen LogP contribution in [-0.4, -0.2) is 14.6 Å². The Hall–Kier alpha value is -1.33. The van der Waals surface area contributed by atoms with Gasteiger partial charge in [0.1, 0.15) is 5.01 Å². The quantitative estimate of drug-likeness (QED) is 0.620. The second-order valence-electron chi connectivity index (χ2n) is 4.01. The summed E-state index contributed by atoms with van der Waals surface area (Å²) in [6, 6.07) is 8.46. The van der Waals surface area contributed by atoms with E-state index in [1.165, 1.54) is 16.2 Å². The molecule has 0 atom stereocenters. The Bertz CT molecular complexity index is 727. The highest BCUT2D eigenvalue weighted by atomic mass is 32.2. The molecule has 17 heavy (non-hydrogen) atoms. The molecule has 0 bridgehead atoms. The van der Waals surface area contributed by atoms with Crippen LogP contribution in [0, 0.1) is 6.92 Å². The molecule has 0 fully saturated rings. The van der Waals surface area contributed by atoms with Crippen LogP contribution in [-0.2, 0) is 5.75 Å². The molecule has 3 heterocycles. The van der Waals surface area contributed by atoms with E-state index < -0.39 is 0 Å². The molecule has 0 saturated heterocycles. The van der Waals surface area contributed by atoms with Crippen molar-refractivity contribution < 1.29 is 0 Å². The first kappa shape index (κ1) is 9.67. The summed E-state index contributed by atoms with van der Waals surface area (Å²) < 4.78 is 2.00. The Kier molecular flexibility index (Phi) is 1.90. The van der Waals surface area contributed by atoms with Crippen LogP contribution in [0.3, 0.4) is 0 Å². The fourth-order valence-corrected chi connectivity index (χ4v) is 3.97. The number of benzene rings is 1. The second-order valence-corrected chi connectivity index (χ2v) is 6.18. The summed E-state index contributed by atoms with van der Waals surface area (Å²) >= 11 is 3.52. The third-order valence-electron chi connectivity index (χ3n) is 2.90. The normalized spacial score (nSPS) is 13.7. The smallest absolute Gasteiger partial charge is 0.212 e. The Morgan fingerprint density at radius 2 is 2.18 bits per heavy atom. The molecule has 2 aromatic heterocycles. The molecular formula is C12H9N3S2. The van der Waals surface area contributed by atoms with Gasteiger partial charge < -0.3 is 0 Å². The Morgan fingerprint density at radius 1 is 1.29 bits per heavy atom. The third-order valence-corrected chi connectivity index (χ3v) is 4.81. The van der Waals surface area contributed by atoms with Gasteiger partial charge in [-0.05, 0) is 13.0 Å². The van der Waals surface area contributed by atoms with Crippen LogP contribution in [0.15, 0.2) is 29.2 Å². The Morgan fingerprint density at radius 3 is 3.12 bits per heavy atom. The van der Waals surface area contributed by atoms with Crippen molar-refractivity contribution in [2.45, 2.75) is 17.6 Å². The van der Waals surface area contributed by atoms with Gasteiger partial charge in [0.15, 0.2) is 0 Å². The number of imidazole rings is 1. The average molecular weight is 259 g/mol. The van der Waals surface area contributed by atoms with Gasteiger partial charge in [0.05, 0.1) is 11.4 Å². The van der Waals surface area contributed by atoms with Gasteiger partial charge in [-0.1, -0.05) is 29.5 Å². The Balaban J connectivity index is 2.07. The first-order valence-electron chi connectivity index (χ1n) is 5.40. The van der Waals surface area contributed by atoms with E-state index in [-0.39, 0.29) is 0 Å². The van der Waals surface area contributed by atoms with Gasteiger partial charge >= 0.3 is 0 Å². The monoisotopic (exact) mass is 259 g/mol. The predicted molar refractivity (Wildman–Crippen MR) is 70.6 cm³/mol. The lowest BCUT2D eigenvalue weighted by Crippen LogP contribution is -1.99.